The van der Waals surface area contributed by atoms with Crippen LogP contribution in [0.3, 0.4) is 0 Å². The summed E-state index contributed by atoms with van der Waals surface area (Å²) >= 11 is 1.52. The number of rotatable bonds is 5. The van der Waals surface area contributed by atoms with Crippen molar-refractivity contribution < 1.29 is 14.7 Å². The first-order valence-corrected chi connectivity index (χ1v) is 8.08. The topological polar surface area (TPSA) is 66.4 Å². The van der Waals surface area contributed by atoms with Gasteiger partial charge in [0.2, 0.25) is 0 Å². The number of amides is 1. The van der Waals surface area contributed by atoms with Gasteiger partial charge in [0.25, 0.3) is 5.91 Å². The second-order valence-electron chi connectivity index (χ2n) is 5.27. The van der Waals surface area contributed by atoms with Gasteiger partial charge in [0.05, 0.1) is 4.88 Å². The van der Waals surface area contributed by atoms with E-state index < -0.39 is 12.0 Å². The van der Waals surface area contributed by atoms with Crippen LogP contribution in [0, 0.1) is 0 Å². The van der Waals surface area contributed by atoms with Gasteiger partial charge in [-0.05, 0) is 43.7 Å². The summed E-state index contributed by atoms with van der Waals surface area (Å²) in [5.74, 6) is -1.21. The molecule has 1 aliphatic rings. The third-order valence-electron chi connectivity index (χ3n) is 3.65. The highest BCUT2D eigenvalue weighted by atomic mass is 32.1. The standard InChI is InChI=1S/C15H21NO3S/c1-2-6-11(15(18)19)16-14(17)13-9-10-7-4-3-5-8-12(10)20-13/h9,11H,2-8H2,1H3,(H,16,17)(H,18,19)/t11-/m0/s1. The molecule has 0 unspecified atom stereocenters. The zero-order valence-electron chi connectivity index (χ0n) is 11.8. The summed E-state index contributed by atoms with van der Waals surface area (Å²) in [5.41, 5.74) is 1.28. The molecule has 1 aromatic rings. The fraction of sp³-hybridized carbons (Fsp3) is 0.600. The van der Waals surface area contributed by atoms with Crippen molar-refractivity contribution in [2.24, 2.45) is 0 Å². The Morgan fingerprint density at radius 3 is 2.80 bits per heavy atom. The highest BCUT2D eigenvalue weighted by Crippen LogP contribution is 2.29. The van der Waals surface area contributed by atoms with Crippen LogP contribution in [0.5, 0.6) is 0 Å². The third-order valence-corrected chi connectivity index (χ3v) is 4.89. The highest BCUT2D eigenvalue weighted by Gasteiger charge is 2.22. The third kappa shape index (κ3) is 3.60. The van der Waals surface area contributed by atoms with E-state index >= 15 is 0 Å². The molecule has 1 aliphatic carbocycles. The van der Waals surface area contributed by atoms with Gasteiger partial charge in [-0.2, -0.15) is 0 Å². The predicted octanol–water partition coefficient (Wildman–Crippen LogP) is 3.00. The zero-order valence-corrected chi connectivity index (χ0v) is 12.6. The van der Waals surface area contributed by atoms with E-state index in [0.717, 1.165) is 19.3 Å². The molecule has 0 aliphatic heterocycles. The van der Waals surface area contributed by atoms with Crippen molar-refractivity contribution in [3.05, 3.63) is 21.4 Å². The maximum atomic E-state index is 12.2. The molecular formula is C15H21NO3S. The average Bonchev–Trinajstić information content (AvgIpc) is 2.69. The molecule has 5 heteroatoms. The summed E-state index contributed by atoms with van der Waals surface area (Å²) < 4.78 is 0. The molecule has 0 bridgehead atoms. The van der Waals surface area contributed by atoms with Crippen molar-refractivity contribution in [3.63, 3.8) is 0 Å². The van der Waals surface area contributed by atoms with Gasteiger partial charge in [-0.1, -0.05) is 19.8 Å². The summed E-state index contributed by atoms with van der Waals surface area (Å²) in [6, 6.07) is 1.17. The number of hydrogen-bond acceptors (Lipinski definition) is 3. The van der Waals surface area contributed by atoms with E-state index in [0.29, 0.717) is 11.3 Å². The molecule has 1 heterocycles. The van der Waals surface area contributed by atoms with E-state index in [1.165, 1.54) is 41.0 Å². The maximum Gasteiger partial charge on any atom is 0.326 e. The number of fused-ring (bicyclic) bond motifs is 1. The van der Waals surface area contributed by atoms with Gasteiger partial charge in [0, 0.05) is 4.88 Å². The van der Waals surface area contributed by atoms with Crippen LogP contribution in [0.15, 0.2) is 6.07 Å². The summed E-state index contributed by atoms with van der Waals surface area (Å²) in [4.78, 5) is 25.2. The van der Waals surface area contributed by atoms with Crippen LogP contribution in [0.4, 0.5) is 0 Å². The molecule has 0 radical (unpaired) electrons. The number of carbonyl (C=O) groups is 2. The number of carboxylic acid groups (broad SMARTS) is 1. The number of nitrogens with one attached hydrogen (secondary N) is 1. The first-order valence-electron chi connectivity index (χ1n) is 7.27. The highest BCUT2D eigenvalue weighted by molar-refractivity contribution is 7.14. The molecule has 0 fully saturated rings. The lowest BCUT2D eigenvalue weighted by atomic mass is 10.1. The van der Waals surface area contributed by atoms with Crippen LogP contribution >= 0.6 is 11.3 Å². The average molecular weight is 295 g/mol. The largest absolute Gasteiger partial charge is 0.480 e. The molecule has 110 valence electrons. The number of aryl methyl sites for hydroxylation is 2. The van der Waals surface area contributed by atoms with Crippen molar-refractivity contribution in [3.8, 4) is 0 Å². The Morgan fingerprint density at radius 2 is 2.10 bits per heavy atom. The van der Waals surface area contributed by atoms with Gasteiger partial charge >= 0.3 is 5.97 Å². The minimum Gasteiger partial charge on any atom is -0.480 e. The number of hydrogen-bond donors (Lipinski definition) is 2. The molecule has 20 heavy (non-hydrogen) atoms. The summed E-state index contributed by atoms with van der Waals surface area (Å²) in [7, 11) is 0. The van der Waals surface area contributed by atoms with Gasteiger partial charge in [-0.3, -0.25) is 4.79 Å². The van der Waals surface area contributed by atoms with Crippen molar-refractivity contribution >= 4 is 23.2 Å². The second kappa shape index (κ2) is 6.88. The molecule has 0 saturated heterocycles. The van der Waals surface area contributed by atoms with E-state index in [1.54, 1.807) is 0 Å². The molecule has 0 saturated carbocycles. The molecule has 1 aromatic heterocycles. The smallest absolute Gasteiger partial charge is 0.326 e. The minimum atomic E-state index is -0.960. The Labute approximate surface area is 123 Å². The first-order chi connectivity index (χ1) is 9.61. The van der Waals surface area contributed by atoms with Gasteiger partial charge in [0.15, 0.2) is 0 Å². The van der Waals surface area contributed by atoms with Gasteiger partial charge < -0.3 is 10.4 Å². The van der Waals surface area contributed by atoms with Gasteiger partial charge in [0.1, 0.15) is 6.04 Å². The van der Waals surface area contributed by atoms with E-state index in [4.69, 9.17) is 5.11 Å². The lowest BCUT2D eigenvalue weighted by Gasteiger charge is -2.12. The van der Waals surface area contributed by atoms with Gasteiger partial charge in [-0.25, -0.2) is 4.79 Å². The summed E-state index contributed by atoms with van der Waals surface area (Å²) in [5, 5.41) is 11.7. The Bertz CT molecular complexity index is 472. The normalized spacial score (nSPS) is 16.1. The molecule has 4 nitrogen and oxygen atoms in total. The molecule has 2 N–H and O–H groups in total. The molecular weight excluding hydrogens is 274 g/mol. The summed E-state index contributed by atoms with van der Waals surface area (Å²) in [6.45, 7) is 1.91. The fourth-order valence-corrected chi connectivity index (χ4v) is 3.71. The lowest BCUT2D eigenvalue weighted by molar-refractivity contribution is -0.139. The van der Waals surface area contributed by atoms with Crippen LogP contribution < -0.4 is 5.32 Å². The Kier molecular flexibility index (Phi) is 5.17. The Hall–Kier alpha value is -1.36. The van der Waals surface area contributed by atoms with Crippen LogP contribution in [0.25, 0.3) is 0 Å². The van der Waals surface area contributed by atoms with Crippen LogP contribution in [0.1, 0.15) is 59.1 Å². The molecule has 0 aromatic carbocycles. The maximum absolute atomic E-state index is 12.2. The predicted molar refractivity (Wildman–Crippen MR) is 79.4 cm³/mol. The van der Waals surface area contributed by atoms with Crippen LogP contribution in [-0.2, 0) is 17.6 Å². The van der Waals surface area contributed by atoms with E-state index in [9.17, 15) is 9.59 Å². The Morgan fingerprint density at radius 1 is 1.35 bits per heavy atom. The Balaban J connectivity index is 2.07. The van der Waals surface area contributed by atoms with E-state index in [1.807, 2.05) is 13.0 Å². The van der Waals surface area contributed by atoms with Crippen molar-refractivity contribution in [1.82, 2.24) is 5.32 Å². The minimum absolute atomic E-state index is 0.246. The number of carbonyl (C=O) groups excluding carboxylic acids is 1. The SMILES string of the molecule is CCC[C@H](NC(=O)c1cc2c(s1)CCCCC2)C(=O)O. The van der Waals surface area contributed by atoms with Crippen molar-refractivity contribution in [2.45, 2.75) is 57.9 Å². The molecule has 1 amide bonds. The van der Waals surface area contributed by atoms with E-state index in [2.05, 4.69) is 5.32 Å². The first kappa shape index (κ1) is 15.0. The molecule has 1 atom stereocenters. The van der Waals surface area contributed by atoms with Crippen molar-refractivity contribution in [2.75, 3.05) is 0 Å². The number of aliphatic carboxylic acids is 1. The van der Waals surface area contributed by atoms with Crippen LogP contribution in [0.2, 0.25) is 0 Å². The summed E-state index contributed by atoms with van der Waals surface area (Å²) in [6.07, 6.45) is 6.90. The second-order valence-corrected chi connectivity index (χ2v) is 6.41. The quantitative estimate of drug-likeness (QED) is 0.821. The number of carboxylic acids is 1. The zero-order chi connectivity index (χ0) is 14.5. The van der Waals surface area contributed by atoms with Gasteiger partial charge in [-0.15, -0.1) is 11.3 Å². The lowest BCUT2D eigenvalue weighted by Crippen LogP contribution is -2.40. The monoisotopic (exact) mass is 295 g/mol. The van der Waals surface area contributed by atoms with Crippen LogP contribution in [-0.4, -0.2) is 23.0 Å². The van der Waals surface area contributed by atoms with Crippen molar-refractivity contribution in [1.29, 1.82) is 0 Å². The fourth-order valence-electron chi connectivity index (χ4n) is 2.55. The molecule has 0 spiro atoms. The van der Waals surface area contributed by atoms with E-state index in [-0.39, 0.29) is 5.91 Å². The number of thiophene rings is 1. The molecule has 2 rings (SSSR count).